The summed E-state index contributed by atoms with van der Waals surface area (Å²) < 4.78 is 1.77. The second-order valence-corrected chi connectivity index (χ2v) is 4.87. The molecule has 0 aliphatic rings. The minimum Gasteiger partial charge on any atom is -0.396 e. The first-order valence-corrected chi connectivity index (χ1v) is 6.93. The molecule has 6 nitrogen and oxygen atoms in total. The van der Waals surface area contributed by atoms with Crippen molar-refractivity contribution in [3.63, 3.8) is 0 Å². The van der Waals surface area contributed by atoms with Gasteiger partial charge in [0.15, 0.2) is 0 Å². The van der Waals surface area contributed by atoms with Gasteiger partial charge < -0.3 is 15.7 Å². The van der Waals surface area contributed by atoms with Crippen molar-refractivity contribution in [1.29, 1.82) is 0 Å². The lowest BCUT2D eigenvalue weighted by atomic mass is 10.2. The van der Waals surface area contributed by atoms with Gasteiger partial charge in [-0.3, -0.25) is 0 Å². The lowest BCUT2D eigenvalue weighted by molar-refractivity contribution is 0.230. The number of aliphatic hydroxyl groups excluding tert-OH is 1. The summed E-state index contributed by atoms with van der Waals surface area (Å²) in [5, 5.41) is 18.6. The molecule has 1 heterocycles. The first kappa shape index (κ1) is 15.1. The zero-order chi connectivity index (χ0) is 15.1. The van der Waals surface area contributed by atoms with Crippen molar-refractivity contribution < 1.29 is 9.90 Å². The Morgan fingerprint density at radius 2 is 2.14 bits per heavy atom. The summed E-state index contributed by atoms with van der Waals surface area (Å²) in [6.45, 7) is 2.32. The molecule has 1 aromatic carbocycles. The Kier molecular flexibility index (Phi) is 5.34. The van der Waals surface area contributed by atoms with Crippen molar-refractivity contribution in [1.82, 2.24) is 20.4 Å². The molecule has 21 heavy (non-hydrogen) atoms. The molecule has 112 valence electrons. The van der Waals surface area contributed by atoms with Crippen molar-refractivity contribution in [3.05, 3.63) is 48.3 Å². The average Bonchev–Trinajstić information content (AvgIpc) is 2.95. The van der Waals surface area contributed by atoms with Gasteiger partial charge in [0.1, 0.15) is 0 Å². The van der Waals surface area contributed by atoms with E-state index in [1.807, 2.05) is 43.5 Å². The van der Waals surface area contributed by atoms with Crippen LogP contribution in [0.2, 0.25) is 0 Å². The van der Waals surface area contributed by atoms with Gasteiger partial charge in [0.2, 0.25) is 0 Å². The molecule has 0 fully saturated rings. The molecule has 1 aromatic heterocycles. The highest BCUT2D eigenvalue weighted by atomic mass is 16.3. The number of hydrogen-bond acceptors (Lipinski definition) is 3. The number of nitrogens with zero attached hydrogens (tertiary/aromatic N) is 2. The van der Waals surface area contributed by atoms with Gasteiger partial charge in [-0.25, -0.2) is 9.48 Å². The highest BCUT2D eigenvalue weighted by Crippen LogP contribution is 2.07. The lowest BCUT2D eigenvalue weighted by Gasteiger charge is -2.12. The fraction of sp³-hybridized carbons (Fsp3) is 0.333. The molecule has 2 aromatic rings. The first-order valence-electron chi connectivity index (χ1n) is 6.93. The molecule has 6 heteroatoms. The zero-order valence-corrected chi connectivity index (χ0v) is 12.0. The summed E-state index contributed by atoms with van der Waals surface area (Å²) in [6.07, 6.45) is 4.15. The quantitative estimate of drug-likeness (QED) is 0.752. The molecule has 0 bridgehead atoms. The van der Waals surface area contributed by atoms with E-state index in [2.05, 4.69) is 15.7 Å². The SMILES string of the molecule is C[C@H](CCO)NC(=O)NCc1cnn(-c2ccccc2)c1. The normalized spacial score (nSPS) is 11.9. The third-order valence-corrected chi connectivity index (χ3v) is 3.05. The second kappa shape index (κ2) is 7.44. The van der Waals surface area contributed by atoms with Gasteiger partial charge >= 0.3 is 6.03 Å². The van der Waals surface area contributed by atoms with Gasteiger partial charge in [-0.1, -0.05) is 18.2 Å². The molecule has 0 radical (unpaired) electrons. The molecular formula is C15H20N4O2. The maximum absolute atomic E-state index is 11.6. The second-order valence-electron chi connectivity index (χ2n) is 4.87. The molecular weight excluding hydrogens is 268 g/mol. The summed E-state index contributed by atoms with van der Waals surface area (Å²) in [5.74, 6) is 0. The van der Waals surface area contributed by atoms with E-state index < -0.39 is 0 Å². The van der Waals surface area contributed by atoms with Gasteiger partial charge in [-0.15, -0.1) is 0 Å². The van der Waals surface area contributed by atoms with Crippen LogP contribution in [0.25, 0.3) is 5.69 Å². The molecule has 0 saturated carbocycles. The van der Waals surface area contributed by atoms with Gasteiger partial charge in [0.25, 0.3) is 0 Å². The highest BCUT2D eigenvalue weighted by Gasteiger charge is 2.07. The Bertz CT molecular complexity index is 568. The summed E-state index contributed by atoms with van der Waals surface area (Å²) in [5.41, 5.74) is 1.90. The lowest BCUT2D eigenvalue weighted by Crippen LogP contribution is -2.40. The van der Waals surface area contributed by atoms with Crippen LogP contribution in [0.4, 0.5) is 4.79 Å². The summed E-state index contributed by atoms with van der Waals surface area (Å²) in [7, 11) is 0. The number of urea groups is 1. The van der Waals surface area contributed by atoms with E-state index in [1.165, 1.54) is 0 Å². The average molecular weight is 288 g/mol. The van der Waals surface area contributed by atoms with E-state index in [0.29, 0.717) is 13.0 Å². The van der Waals surface area contributed by atoms with E-state index in [-0.39, 0.29) is 18.7 Å². The minimum absolute atomic E-state index is 0.0537. The van der Waals surface area contributed by atoms with E-state index in [0.717, 1.165) is 11.3 Å². The van der Waals surface area contributed by atoms with Gasteiger partial charge in [0, 0.05) is 31.0 Å². The van der Waals surface area contributed by atoms with Crippen LogP contribution in [0.1, 0.15) is 18.9 Å². The van der Waals surface area contributed by atoms with Crippen LogP contribution in [-0.2, 0) is 6.54 Å². The van der Waals surface area contributed by atoms with Crippen molar-refractivity contribution in [2.45, 2.75) is 25.9 Å². The van der Waals surface area contributed by atoms with Gasteiger partial charge in [-0.05, 0) is 25.5 Å². The Morgan fingerprint density at radius 3 is 2.86 bits per heavy atom. The van der Waals surface area contributed by atoms with Gasteiger partial charge in [0.05, 0.1) is 11.9 Å². The number of amides is 2. The van der Waals surface area contributed by atoms with Crippen molar-refractivity contribution >= 4 is 6.03 Å². The number of nitrogens with one attached hydrogen (secondary N) is 2. The van der Waals surface area contributed by atoms with E-state index in [9.17, 15) is 4.79 Å². The van der Waals surface area contributed by atoms with Crippen LogP contribution in [0, 0.1) is 0 Å². The maximum atomic E-state index is 11.6. The van der Waals surface area contributed by atoms with Crippen molar-refractivity contribution in [2.75, 3.05) is 6.61 Å². The van der Waals surface area contributed by atoms with E-state index in [4.69, 9.17) is 5.11 Å². The molecule has 2 amide bonds. The van der Waals surface area contributed by atoms with E-state index >= 15 is 0 Å². The molecule has 2 rings (SSSR count). The fourth-order valence-electron chi connectivity index (χ4n) is 1.90. The summed E-state index contributed by atoms with van der Waals surface area (Å²) >= 11 is 0. The topological polar surface area (TPSA) is 79.2 Å². The standard InChI is InChI=1S/C15H20N4O2/c1-12(7-8-20)18-15(21)16-9-13-10-17-19(11-13)14-5-3-2-4-6-14/h2-6,10-12,20H,7-9H2,1H3,(H2,16,18,21)/t12-/m1/s1. The summed E-state index contributed by atoms with van der Waals surface area (Å²) in [6, 6.07) is 9.48. The predicted octanol–water partition coefficient (Wildman–Crippen LogP) is 1.44. The van der Waals surface area contributed by atoms with Crippen LogP contribution >= 0.6 is 0 Å². The van der Waals surface area contributed by atoms with Crippen LogP contribution in [0.3, 0.4) is 0 Å². The Morgan fingerprint density at radius 1 is 1.38 bits per heavy atom. The molecule has 0 spiro atoms. The van der Waals surface area contributed by atoms with Crippen molar-refractivity contribution in [3.8, 4) is 5.69 Å². The van der Waals surface area contributed by atoms with E-state index in [1.54, 1.807) is 10.9 Å². The van der Waals surface area contributed by atoms with Crippen LogP contribution in [-0.4, -0.2) is 33.6 Å². The van der Waals surface area contributed by atoms with Gasteiger partial charge in [-0.2, -0.15) is 5.10 Å². The Hall–Kier alpha value is -2.34. The number of benzene rings is 1. The minimum atomic E-state index is -0.247. The monoisotopic (exact) mass is 288 g/mol. The number of rotatable bonds is 6. The molecule has 0 unspecified atom stereocenters. The molecule has 0 saturated heterocycles. The molecule has 0 aliphatic heterocycles. The highest BCUT2D eigenvalue weighted by molar-refractivity contribution is 5.74. The number of carbonyl (C=O) groups excluding carboxylic acids is 1. The zero-order valence-electron chi connectivity index (χ0n) is 12.0. The number of para-hydroxylation sites is 1. The number of aliphatic hydroxyl groups is 1. The fourth-order valence-corrected chi connectivity index (χ4v) is 1.90. The third-order valence-electron chi connectivity index (χ3n) is 3.05. The Balaban J connectivity index is 1.84. The molecule has 0 aliphatic carbocycles. The van der Waals surface area contributed by atoms with Crippen LogP contribution in [0.5, 0.6) is 0 Å². The molecule has 1 atom stereocenters. The smallest absolute Gasteiger partial charge is 0.315 e. The third kappa shape index (κ3) is 4.61. The van der Waals surface area contributed by atoms with Crippen molar-refractivity contribution in [2.24, 2.45) is 0 Å². The largest absolute Gasteiger partial charge is 0.396 e. The number of carbonyl (C=O) groups is 1. The Labute approximate surface area is 123 Å². The predicted molar refractivity (Wildman–Crippen MR) is 80.1 cm³/mol. The summed E-state index contributed by atoms with van der Waals surface area (Å²) in [4.78, 5) is 11.6. The van der Waals surface area contributed by atoms with Crippen LogP contribution < -0.4 is 10.6 Å². The number of aromatic nitrogens is 2. The first-order chi connectivity index (χ1) is 10.2. The molecule has 3 N–H and O–H groups in total. The van der Waals surface area contributed by atoms with Crippen LogP contribution in [0.15, 0.2) is 42.7 Å². The maximum Gasteiger partial charge on any atom is 0.315 e. The number of hydrogen-bond donors (Lipinski definition) is 3.